The molecule has 3 aromatic heterocycles. The smallest absolute Gasteiger partial charge is 0.462 e. The molecule has 2 aromatic carbocycles. The van der Waals surface area contributed by atoms with E-state index in [0.29, 0.717) is 22.8 Å². The Morgan fingerprint density at radius 1 is 0.894 bits per heavy atom. The van der Waals surface area contributed by atoms with Crippen molar-refractivity contribution in [2.45, 2.75) is 94.8 Å². The highest BCUT2D eigenvalue weighted by molar-refractivity contribution is 7.61. The number of anilines is 1. The quantitative estimate of drug-likeness (QED) is 0.0343. The predicted octanol–water partition coefficient (Wildman–Crippen LogP) is 2.82. The van der Waals surface area contributed by atoms with E-state index < -0.39 is 118 Å². The number of aliphatic hydroxyl groups is 4. The number of phosphoric acid groups is 2. The largest absolute Gasteiger partial charge is 0.481 e. The van der Waals surface area contributed by atoms with Gasteiger partial charge in [-0.1, -0.05) is 19.9 Å². The third kappa shape index (κ3) is 10.5. The molecule has 5 unspecified atom stereocenters. The van der Waals surface area contributed by atoms with Crippen molar-refractivity contribution in [1.82, 2.24) is 19.5 Å². The van der Waals surface area contributed by atoms with Crippen molar-refractivity contribution in [3.8, 4) is 11.5 Å². The summed E-state index contributed by atoms with van der Waals surface area (Å²) < 4.78 is 109. The van der Waals surface area contributed by atoms with E-state index in [1.165, 1.54) is 10.9 Å². The highest BCUT2D eigenvalue weighted by Crippen LogP contribution is 2.61. The first kappa shape index (κ1) is 49.0. The van der Waals surface area contributed by atoms with E-state index in [0.717, 1.165) is 24.5 Å². The fourth-order valence-corrected chi connectivity index (χ4v) is 9.78. The van der Waals surface area contributed by atoms with E-state index in [1.54, 1.807) is 39.8 Å². The highest BCUT2D eigenvalue weighted by Gasteiger charge is 2.49. The summed E-state index contributed by atoms with van der Waals surface area (Å²) in [5.41, 5.74) is 3.64. The van der Waals surface area contributed by atoms with Crippen molar-refractivity contribution in [3.63, 3.8) is 0 Å². The standard InChI is InChI=1S/C38H42F3N5O18P2/c1-16-7-17(2)27(37(3,4)11-26(48)59-18-5-6-19-20(38(39,40)41)10-25(47)60-21(19)9-18)22(8-16)62-36-32(52)30(50)24(63-36)13-58-66(55,56)64-65(53,54)57-12-23-29(49)31(51)35(61-23)46-15-45-28-33(42)43-14-44-34(28)46/h5-10,14-15,23-24,29-32,35-36,49-52H,11-13H2,1-4H3,(H,53,54)(H,55,56)(H2,42,43,44)/t23?,24?,29-,30-,31-,32-,35-,36?/m1/s1. The molecule has 7 rings (SSSR count). The number of hydrogen-bond acceptors (Lipinski definition) is 20. The molecule has 2 saturated heterocycles. The van der Waals surface area contributed by atoms with Crippen molar-refractivity contribution in [1.29, 1.82) is 0 Å². The summed E-state index contributed by atoms with van der Waals surface area (Å²) in [6.45, 7) is 4.72. The molecule has 2 fully saturated rings. The summed E-state index contributed by atoms with van der Waals surface area (Å²) in [4.78, 5) is 57.6. The number of halogens is 3. The number of aliphatic hydroxyl groups excluding tert-OH is 4. The number of nitrogen functional groups attached to an aromatic ring is 1. The minimum absolute atomic E-state index is 0.0204. The van der Waals surface area contributed by atoms with E-state index in [4.69, 9.17) is 38.1 Å². The monoisotopic (exact) mass is 975 g/mol. The lowest BCUT2D eigenvalue weighted by Crippen LogP contribution is -2.36. The zero-order valence-corrected chi connectivity index (χ0v) is 36.6. The van der Waals surface area contributed by atoms with Gasteiger partial charge in [-0.05, 0) is 43.2 Å². The van der Waals surface area contributed by atoms with E-state index in [2.05, 4.69) is 19.3 Å². The predicted molar refractivity (Wildman–Crippen MR) is 216 cm³/mol. The van der Waals surface area contributed by atoms with Crippen LogP contribution in [0.5, 0.6) is 11.5 Å². The van der Waals surface area contributed by atoms with Crippen LogP contribution in [0, 0.1) is 13.8 Å². The number of aryl methyl sites for hydroxylation is 2. The molecule has 66 heavy (non-hydrogen) atoms. The second-order valence-corrected chi connectivity index (χ2v) is 19.0. The number of carbonyl (C=O) groups excluding carboxylic acids is 1. The van der Waals surface area contributed by atoms with Crippen LogP contribution in [-0.4, -0.2) is 112 Å². The minimum Gasteiger partial charge on any atom is -0.462 e. The van der Waals surface area contributed by atoms with Crippen LogP contribution < -0.4 is 20.8 Å². The molecule has 2 aliphatic heterocycles. The highest BCUT2D eigenvalue weighted by atomic mass is 31.3. The zero-order chi connectivity index (χ0) is 48.3. The summed E-state index contributed by atoms with van der Waals surface area (Å²) in [6.07, 6.45) is -16.0. The van der Waals surface area contributed by atoms with Gasteiger partial charge in [-0.2, -0.15) is 17.5 Å². The summed E-state index contributed by atoms with van der Waals surface area (Å²) in [7, 11) is -11.0. The number of fused-ring (bicyclic) bond motifs is 2. The average Bonchev–Trinajstić information content (AvgIpc) is 3.84. The topological polar surface area (TPSA) is 337 Å². The average molecular weight is 976 g/mol. The molecule has 0 spiro atoms. The molecule has 5 aromatic rings. The molecule has 0 aliphatic carbocycles. The van der Waals surface area contributed by atoms with Gasteiger partial charge in [0.1, 0.15) is 65.5 Å². The molecular formula is C38H42F3N5O18P2. The van der Waals surface area contributed by atoms with Crippen LogP contribution in [0.2, 0.25) is 0 Å². The van der Waals surface area contributed by atoms with Crippen molar-refractivity contribution in [3.05, 3.63) is 81.7 Å². The Hall–Kier alpha value is -4.92. The van der Waals surface area contributed by atoms with Crippen molar-refractivity contribution in [2.75, 3.05) is 18.9 Å². The molecule has 28 heteroatoms. The molecule has 8 N–H and O–H groups in total. The second-order valence-electron chi connectivity index (χ2n) is 16.0. The Morgan fingerprint density at radius 3 is 2.21 bits per heavy atom. The molecule has 10 atom stereocenters. The minimum atomic E-state index is -5.53. The molecule has 23 nitrogen and oxygen atoms in total. The van der Waals surface area contributed by atoms with E-state index in [1.807, 2.05) is 0 Å². The molecule has 5 heterocycles. The lowest BCUT2D eigenvalue weighted by atomic mass is 9.78. The lowest BCUT2D eigenvalue weighted by molar-refractivity contribution is -0.137. The van der Waals surface area contributed by atoms with Gasteiger partial charge >= 0.3 is 33.4 Å². The van der Waals surface area contributed by atoms with E-state index in [-0.39, 0.29) is 34.9 Å². The van der Waals surface area contributed by atoms with Gasteiger partial charge in [-0.3, -0.25) is 18.4 Å². The number of rotatable bonds is 15. The Labute approximate surface area is 369 Å². The van der Waals surface area contributed by atoms with Crippen molar-refractivity contribution >= 4 is 49.6 Å². The number of carbonyl (C=O) groups is 1. The summed E-state index contributed by atoms with van der Waals surface area (Å²) in [5, 5.41) is 42.5. The van der Waals surface area contributed by atoms with Crippen molar-refractivity contribution < 1.29 is 94.0 Å². The van der Waals surface area contributed by atoms with Gasteiger partial charge in [-0.15, -0.1) is 0 Å². The first-order valence-electron chi connectivity index (χ1n) is 19.5. The number of aromatic nitrogens is 4. The number of benzene rings is 2. The number of imidazole rings is 1. The SMILES string of the molecule is Cc1cc(C)c(C(C)(C)CC(=O)Oc2ccc3c(C(F)(F)F)cc(=O)oc3c2)c(OC2OC(COP(=O)(O)OP(=O)(O)OCC3O[C@@H](n4cnc5c(N)ncnc54)[C@H](O)[C@@H]3O)[C@@H](O)[C@H]2O)c1. The van der Waals surface area contributed by atoms with E-state index >= 15 is 0 Å². The third-order valence-corrected chi connectivity index (χ3v) is 13.1. The molecule has 0 amide bonds. The number of hydrogen-bond donors (Lipinski definition) is 7. The van der Waals surface area contributed by atoms with Crippen molar-refractivity contribution in [2.24, 2.45) is 0 Å². The molecule has 358 valence electrons. The molecule has 0 radical (unpaired) electrons. The number of nitrogens with zero attached hydrogens (tertiary/aromatic N) is 4. The Balaban J connectivity index is 0.957. The number of esters is 1. The van der Waals surface area contributed by atoms with Gasteiger partial charge in [0.05, 0.1) is 31.5 Å². The maximum atomic E-state index is 13.5. The van der Waals surface area contributed by atoms with Crippen LogP contribution in [0.1, 0.15) is 48.8 Å². The first-order chi connectivity index (χ1) is 30.7. The fourth-order valence-electron chi connectivity index (χ4n) is 7.69. The van der Waals surface area contributed by atoms with E-state index in [9.17, 15) is 62.1 Å². The Kier molecular flexibility index (Phi) is 13.6. The molecule has 2 aliphatic rings. The van der Waals surface area contributed by atoms with Gasteiger partial charge < -0.3 is 59.3 Å². The van der Waals surface area contributed by atoms with Gasteiger partial charge in [0.15, 0.2) is 17.7 Å². The maximum absolute atomic E-state index is 13.5. The van der Waals surface area contributed by atoms with Gasteiger partial charge in [0.2, 0.25) is 6.29 Å². The number of ether oxygens (including phenoxy) is 4. The number of phosphoric ester groups is 2. The van der Waals surface area contributed by atoms with Gasteiger partial charge in [0, 0.05) is 28.5 Å². The van der Waals surface area contributed by atoms with Gasteiger partial charge in [-0.25, -0.2) is 28.9 Å². The third-order valence-electron chi connectivity index (χ3n) is 10.5. The summed E-state index contributed by atoms with van der Waals surface area (Å²) >= 11 is 0. The van der Waals surface area contributed by atoms with Crippen LogP contribution in [0.4, 0.5) is 19.0 Å². The van der Waals surface area contributed by atoms with Crippen LogP contribution in [0.15, 0.2) is 58.3 Å². The Morgan fingerprint density at radius 2 is 1.55 bits per heavy atom. The maximum Gasteiger partial charge on any atom is 0.481 e. The summed E-state index contributed by atoms with van der Waals surface area (Å²) in [6, 6.07) is 6.70. The first-order valence-corrected chi connectivity index (χ1v) is 22.5. The second kappa shape index (κ2) is 18.3. The molecule has 0 saturated carbocycles. The van der Waals surface area contributed by atoms with Gasteiger partial charge in [0.25, 0.3) is 0 Å². The van der Waals surface area contributed by atoms with Crippen LogP contribution in [-0.2, 0) is 48.3 Å². The van der Waals surface area contributed by atoms with Crippen LogP contribution in [0.3, 0.4) is 0 Å². The molecule has 0 bridgehead atoms. The number of alkyl halides is 3. The molecular weight excluding hydrogens is 933 g/mol. The lowest BCUT2D eigenvalue weighted by Gasteiger charge is -2.30. The normalized spacial score (nSPS) is 25.5. The fraction of sp³-hybridized carbons (Fsp3) is 0.447. The Bertz CT molecular complexity index is 2810. The zero-order valence-electron chi connectivity index (χ0n) is 34.8. The van der Waals surface area contributed by atoms with Crippen LogP contribution in [0.25, 0.3) is 22.1 Å². The van der Waals surface area contributed by atoms with Crippen LogP contribution >= 0.6 is 15.6 Å². The number of nitrogens with two attached hydrogens (primary N) is 1. The summed E-state index contributed by atoms with van der Waals surface area (Å²) in [5.74, 6) is -0.975.